The van der Waals surface area contributed by atoms with Crippen LogP contribution in [0.2, 0.25) is 0 Å². The van der Waals surface area contributed by atoms with Crippen molar-refractivity contribution in [1.29, 1.82) is 0 Å². The fourth-order valence-corrected chi connectivity index (χ4v) is 3.15. The first kappa shape index (κ1) is 11.7. The van der Waals surface area contributed by atoms with Crippen molar-refractivity contribution in [2.24, 2.45) is 0 Å². The van der Waals surface area contributed by atoms with Gasteiger partial charge in [-0.1, -0.05) is 0 Å². The first-order valence-electron chi connectivity index (χ1n) is 5.72. The van der Waals surface area contributed by atoms with Crippen LogP contribution in [0.1, 0.15) is 28.8 Å². The highest BCUT2D eigenvalue weighted by Crippen LogP contribution is 2.57. The number of fused-ring (bicyclic) bond motifs is 2. The van der Waals surface area contributed by atoms with Crippen LogP contribution in [0, 0.1) is 0 Å². The van der Waals surface area contributed by atoms with E-state index in [1.165, 1.54) is 7.11 Å². The Kier molecular flexibility index (Phi) is 2.32. The van der Waals surface area contributed by atoms with E-state index in [0.717, 1.165) is 24.1 Å². The second-order valence-electron chi connectivity index (χ2n) is 4.79. The molecule has 3 rings (SSSR count). The van der Waals surface area contributed by atoms with Gasteiger partial charge in [0.1, 0.15) is 0 Å². The van der Waals surface area contributed by atoms with Crippen LogP contribution in [-0.4, -0.2) is 26.0 Å². The van der Waals surface area contributed by atoms with Gasteiger partial charge in [0.15, 0.2) is 0 Å². The molecule has 1 aromatic rings. The van der Waals surface area contributed by atoms with E-state index in [2.05, 4.69) is 15.9 Å². The third-order valence-electron chi connectivity index (χ3n) is 3.83. The summed E-state index contributed by atoms with van der Waals surface area (Å²) in [6.45, 7) is 0. The summed E-state index contributed by atoms with van der Waals surface area (Å²) in [5.41, 5.74) is 1.98. The number of esters is 1. The second-order valence-corrected chi connectivity index (χ2v) is 5.64. The Morgan fingerprint density at radius 1 is 1.44 bits per heavy atom. The fraction of sp³-hybridized carbons (Fsp3) is 0.385. The molecule has 0 saturated heterocycles. The van der Waals surface area contributed by atoms with Gasteiger partial charge in [-0.25, -0.2) is 4.79 Å². The maximum Gasteiger partial charge on any atom is 0.339 e. The van der Waals surface area contributed by atoms with Gasteiger partial charge < -0.3 is 9.64 Å². The van der Waals surface area contributed by atoms with Gasteiger partial charge in [0.05, 0.1) is 18.1 Å². The van der Waals surface area contributed by atoms with Crippen molar-refractivity contribution in [2.75, 3.05) is 19.1 Å². The van der Waals surface area contributed by atoms with Crippen molar-refractivity contribution in [2.45, 2.75) is 18.3 Å². The molecule has 1 amide bonds. The molecular formula is C13H12BrNO3. The third-order valence-corrected chi connectivity index (χ3v) is 4.49. The molecule has 1 saturated carbocycles. The largest absolute Gasteiger partial charge is 0.465 e. The van der Waals surface area contributed by atoms with E-state index >= 15 is 0 Å². The normalized spacial score (nSPS) is 19.1. The minimum absolute atomic E-state index is 0.131. The zero-order chi connectivity index (χ0) is 13.1. The monoisotopic (exact) mass is 309 g/mol. The van der Waals surface area contributed by atoms with Crippen molar-refractivity contribution >= 4 is 33.5 Å². The van der Waals surface area contributed by atoms with Crippen molar-refractivity contribution < 1.29 is 14.3 Å². The highest BCUT2D eigenvalue weighted by Gasteiger charge is 2.58. The van der Waals surface area contributed by atoms with Crippen LogP contribution in [0.4, 0.5) is 5.69 Å². The summed E-state index contributed by atoms with van der Waals surface area (Å²) >= 11 is 3.38. The smallest absolute Gasteiger partial charge is 0.339 e. The Morgan fingerprint density at radius 3 is 2.67 bits per heavy atom. The topological polar surface area (TPSA) is 46.6 Å². The molecule has 0 bridgehead atoms. The van der Waals surface area contributed by atoms with Gasteiger partial charge in [-0.05, 0) is 46.5 Å². The van der Waals surface area contributed by atoms with Crippen LogP contribution in [-0.2, 0) is 14.9 Å². The van der Waals surface area contributed by atoms with E-state index in [4.69, 9.17) is 4.74 Å². The van der Waals surface area contributed by atoms with Gasteiger partial charge in [-0.2, -0.15) is 0 Å². The summed E-state index contributed by atoms with van der Waals surface area (Å²) in [4.78, 5) is 25.5. The van der Waals surface area contributed by atoms with Gasteiger partial charge in [-0.15, -0.1) is 0 Å². The van der Waals surface area contributed by atoms with Gasteiger partial charge >= 0.3 is 5.97 Å². The first-order valence-corrected chi connectivity index (χ1v) is 6.51. The molecule has 5 heteroatoms. The van der Waals surface area contributed by atoms with E-state index in [0.29, 0.717) is 10.0 Å². The maximum atomic E-state index is 12.2. The first-order chi connectivity index (χ1) is 8.51. The number of carbonyl (C=O) groups excluding carboxylic acids is 2. The van der Waals surface area contributed by atoms with E-state index in [1.807, 2.05) is 6.07 Å². The summed E-state index contributed by atoms with van der Waals surface area (Å²) in [6, 6.07) is 3.62. The van der Waals surface area contributed by atoms with E-state index in [-0.39, 0.29) is 11.3 Å². The standard InChI is InChI=1S/C13H12BrNO3/c1-15-10-5-7(11(16)18-2)9(14)6-8(10)13(3-4-13)12(15)17/h5-6H,3-4H2,1-2H3. The molecule has 4 nitrogen and oxygen atoms in total. The van der Waals surface area contributed by atoms with Crippen molar-refractivity contribution in [3.63, 3.8) is 0 Å². The number of carbonyl (C=O) groups is 2. The number of hydrogen-bond donors (Lipinski definition) is 0. The molecule has 1 aromatic carbocycles. The molecule has 94 valence electrons. The number of halogens is 1. The molecule has 2 aliphatic rings. The van der Waals surface area contributed by atoms with Crippen LogP contribution in [0.25, 0.3) is 0 Å². The van der Waals surface area contributed by atoms with Crippen LogP contribution < -0.4 is 4.90 Å². The number of amides is 1. The van der Waals surface area contributed by atoms with E-state index < -0.39 is 5.97 Å². The molecular weight excluding hydrogens is 298 g/mol. The number of rotatable bonds is 1. The second kappa shape index (κ2) is 3.57. The Balaban J connectivity index is 2.19. The Bertz CT molecular complexity index is 578. The number of ether oxygens (including phenoxy) is 1. The molecule has 1 aliphatic heterocycles. The molecule has 0 atom stereocenters. The number of anilines is 1. The van der Waals surface area contributed by atoms with Crippen molar-refractivity contribution in [1.82, 2.24) is 0 Å². The molecule has 18 heavy (non-hydrogen) atoms. The van der Waals surface area contributed by atoms with Crippen molar-refractivity contribution in [3.8, 4) is 0 Å². The lowest BCUT2D eigenvalue weighted by atomic mass is 9.97. The van der Waals surface area contributed by atoms with Crippen LogP contribution >= 0.6 is 15.9 Å². The van der Waals surface area contributed by atoms with Crippen LogP contribution in [0.15, 0.2) is 16.6 Å². The molecule has 1 aliphatic carbocycles. The Labute approximate surface area is 113 Å². The fourth-order valence-electron chi connectivity index (χ4n) is 2.64. The number of hydrogen-bond acceptors (Lipinski definition) is 3. The third kappa shape index (κ3) is 1.31. The minimum Gasteiger partial charge on any atom is -0.465 e. The van der Waals surface area contributed by atoms with Gasteiger partial charge in [0.2, 0.25) is 5.91 Å². The lowest BCUT2D eigenvalue weighted by Crippen LogP contribution is -2.27. The zero-order valence-corrected chi connectivity index (χ0v) is 11.7. The lowest BCUT2D eigenvalue weighted by molar-refractivity contribution is -0.119. The van der Waals surface area contributed by atoms with Gasteiger partial charge in [0, 0.05) is 17.2 Å². The summed E-state index contributed by atoms with van der Waals surface area (Å²) in [7, 11) is 3.10. The Morgan fingerprint density at radius 2 is 2.11 bits per heavy atom. The highest BCUT2D eigenvalue weighted by atomic mass is 79.9. The SMILES string of the molecule is COC(=O)c1cc2c(cc1Br)C1(CC1)C(=O)N2C. The quantitative estimate of drug-likeness (QED) is 0.747. The Hall–Kier alpha value is -1.36. The van der Waals surface area contributed by atoms with Crippen molar-refractivity contribution in [3.05, 3.63) is 27.7 Å². The van der Waals surface area contributed by atoms with Gasteiger partial charge in [0.25, 0.3) is 0 Å². The molecule has 0 N–H and O–H groups in total. The average molecular weight is 310 g/mol. The maximum absolute atomic E-state index is 12.2. The highest BCUT2D eigenvalue weighted by molar-refractivity contribution is 9.10. The van der Waals surface area contributed by atoms with E-state index in [1.54, 1.807) is 18.0 Å². The minimum atomic E-state index is -0.401. The zero-order valence-electron chi connectivity index (χ0n) is 10.1. The molecule has 1 spiro atoms. The molecule has 0 unspecified atom stereocenters. The average Bonchev–Trinajstić information content (AvgIpc) is 3.14. The van der Waals surface area contributed by atoms with Gasteiger partial charge in [-0.3, -0.25) is 4.79 Å². The summed E-state index contributed by atoms with van der Waals surface area (Å²) in [5, 5.41) is 0. The summed E-state index contributed by atoms with van der Waals surface area (Å²) < 4.78 is 5.42. The van der Waals surface area contributed by atoms with E-state index in [9.17, 15) is 9.59 Å². The number of benzene rings is 1. The predicted octanol–water partition coefficient (Wildman–Crippen LogP) is 2.24. The molecule has 0 radical (unpaired) electrons. The summed E-state index contributed by atoms with van der Waals surface area (Å²) in [6.07, 6.45) is 1.79. The van der Waals surface area contributed by atoms with Crippen LogP contribution in [0.3, 0.4) is 0 Å². The predicted molar refractivity (Wildman–Crippen MR) is 69.8 cm³/mol. The summed E-state index contributed by atoms with van der Waals surface area (Å²) in [5.74, 6) is -0.270. The van der Waals surface area contributed by atoms with Crippen LogP contribution in [0.5, 0.6) is 0 Å². The number of likely N-dealkylation sites (N-methyl/N-ethyl adjacent to an activating group) is 1. The number of nitrogens with zero attached hydrogens (tertiary/aromatic N) is 1. The molecule has 1 fully saturated rings. The molecule has 0 aromatic heterocycles. The number of methoxy groups -OCH3 is 1. The lowest BCUT2D eigenvalue weighted by Gasteiger charge is -2.11. The molecule has 1 heterocycles.